The van der Waals surface area contributed by atoms with Crippen LogP contribution < -0.4 is 16.4 Å². The molecule has 2 aliphatic rings. The van der Waals surface area contributed by atoms with Gasteiger partial charge in [-0.2, -0.15) is 0 Å². The first kappa shape index (κ1) is 21.0. The molecule has 0 bridgehead atoms. The maximum atomic E-state index is 6.79. The zero-order valence-electron chi connectivity index (χ0n) is 18.6. The molecule has 4 heterocycles. The molecule has 1 fully saturated rings. The molecule has 0 amide bonds. The van der Waals surface area contributed by atoms with Gasteiger partial charge in [0, 0.05) is 49.5 Å². The van der Waals surface area contributed by atoms with Gasteiger partial charge < -0.3 is 16.4 Å². The van der Waals surface area contributed by atoms with Crippen molar-refractivity contribution in [1.82, 2.24) is 24.3 Å². The molecule has 4 aromatic rings. The zero-order chi connectivity index (χ0) is 23.3. The fourth-order valence-electron chi connectivity index (χ4n) is 5.33. The number of hydrogen-bond donors (Lipinski definition) is 2. The number of aromatic nitrogens is 5. The first-order valence-electron chi connectivity index (χ1n) is 11.2. The molecule has 0 unspecified atom stereocenters. The third-order valence-corrected chi connectivity index (χ3v) is 8.07. The van der Waals surface area contributed by atoms with Gasteiger partial charge in [0.25, 0.3) is 0 Å². The van der Waals surface area contributed by atoms with Crippen molar-refractivity contribution in [1.29, 1.82) is 0 Å². The molecule has 8 nitrogen and oxygen atoms in total. The van der Waals surface area contributed by atoms with E-state index in [1.54, 1.807) is 12.4 Å². The summed E-state index contributed by atoms with van der Waals surface area (Å²) in [5, 5.41) is 0.759. The number of benzene rings is 1. The van der Waals surface area contributed by atoms with Crippen LogP contribution in [0.1, 0.15) is 35.6 Å². The second-order valence-corrected chi connectivity index (χ2v) is 10.0. The Labute approximate surface area is 201 Å². The van der Waals surface area contributed by atoms with Crippen molar-refractivity contribution in [2.75, 3.05) is 23.7 Å². The van der Waals surface area contributed by atoms with E-state index in [2.05, 4.69) is 37.9 Å². The Hall–Kier alpha value is -3.61. The average Bonchev–Trinajstić information content (AvgIpc) is 3.44. The quantitative estimate of drug-likeness (QED) is 0.349. The second kappa shape index (κ2) is 8.01. The third kappa shape index (κ3) is 3.38. The topological polar surface area (TPSA) is 111 Å². The highest BCUT2D eigenvalue weighted by Crippen LogP contribution is 2.51. The third-order valence-electron chi connectivity index (χ3n) is 7.13. The predicted octanol–water partition coefficient (Wildman–Crippen LogP) is 3.08. The zero-order valence-corrected chi connectivity index (χ0v) is 19.4. The predicted molar refractivity (Wildman–Crippen MR) is 132 cm³/mol. The van der Waals surface area contributed by atoms with Crippen LogP contribution in [0.4, 0.5) is 11.9 Å². The van der Waals surface area contributed by atoms with Crippen molar-refractivity contribution in [2.45, 2.75) is 35.2 Å². The van der Waals surface area contributed by atoms with E-state index in [1.165, 1.54) is 22.9 Å². The number of nitrogens with two attached hydrogens (primary N) is 2. The molecule has 1 spiro atoms. The van der Waals surface area contributed by atoms with Gasteiger partial charge in [-0.05, 0) is 54.0 Å². The molecule has 1 aromatic carbocycles. The van der Waals surface area contributed by atoms with Crippen LogP contribution >= 0.6 is 11.8 Å². The standard InChI is InChI=1S/C25H24N8S/c1-2-16-3-4-18-17(13-16)14-25(21(18)26)6-10-32(11-7-25)24-30-15-19(22-28-9-12-33(22)24)34-20-5-8-29-23(27)31-20/h1,3-5,8-9,12-13,15,21H,6-7,10-11,14,26H2,(H2,27,29,31)/t21-/m1/s1. The highest BCUT2D eigenvalue weighted by molar-refractivity contribution is 7.99. The monoisotopic (exact) mass is 468 g/mol. The van der Waals surface area contributed by atoms with Crippen LogP contribution in [-0.2, 0) is 6.42 Å². The number of rotatable bonds is 3. The fourth-order valence-corrected chi connectivity index (χ4v) is 6.17. The number of nitrogen functional groups attached to an aromatic ring is 1. The molecule has 3 aromatic heterocycles. The van der Waals surface area contributed by atoms with Crippen molar-refractivity contribution >= 4 is 29.3 Å². The van der Waals surface area contributed by atoms with E-state index in [4.69, 9.17) is 22.9 Å². The molecule has 1 aliphatic carbocycles. The van der Waals surface area contributed by atoms with Gasteiger partial charge in [-0.1, -0.05) is 23.7 Å². The Bertz CT molecular complexity index is 1430. The minimum Gasteiger partial charge on any atom is -0.368 e. The molecule has 0 saturated carbocycles. The van der Waals surface area contributed by atoms with Crippen LogP contribution in [0.25, 0.3) is 5.65 Å². The van der Waals surface area contributed by atoms with Crippen molar-refractivity contribution in [3.05, 3.63) is 65.7 Å². The Morgan fingerprint density at radius 1 is 1.12 bits per heavy atom. The SMILES string of the molecule is C#Cc1ccc2c(c1)CC1(CCN(c3ncc(Sc4ccnc(N)n4)c4nccn34)CC1)[C@@H]2N. The highest BCUT2D eigenvalue weighted by Gasteiger charge is 2.46. The maximum Gasteiger partial charge on any atom is 0.221 e. The van der Waals surface area contributed by atoms with E-state index >= 15 is 0 Å². The van der Waals surface area contributed by atoms with Gasteiger partial charge in [0.05, 0.1) is 4.90 Å². The summed E-state index contributed by atoms with van der Waals surface area (Å²) in [6.45, 7) is 1.78. The van der Waals surface area contributed by atoms with Gasteiger partial charge in [0.1, 0.15) is 5.03 Å². The van der Waals surface area contributed by atoms with E-state index in [0.717, 1.165) is 59.4 Å². The largest absolute Gasteiger partial charge is 0.368 e. The van der Waals surface area contributed by atoms with Gasteiger partial charge in [0.2, 0.25) is 11.9 Å². The number of anilines is 2. The number of piperidine rings is 1. The van der Waals surface area contributed by atoms with Crippen molar-refractivity contribution < 1.29 is 0 Å². The molecule has 6 rings (SSSR count). The minimum absolute atomic E-state index is 0.0387. The lowest BCUT2D eigenvalue weighted by Crippen LogP contribution is -2.45. The Morgan fingerprint density at radius 3 is 2.76 bits per heavy atom. The molecule has 34 heavy (non-hydrogen) atoms. The van der Waals surface area contributed by atoms with Crippen LogP contribution in [0.3, 0.4) is 0 Å². The number of fused-ring (bicyclic) bond motifs is 2. The van der Waals surface area contributed by atoms with E-state index in [-0.39, 0.29) is 17.4 Å². The summed E-state index contributed by atoms with van der Waals surface area (Å²) in [7, 11) is 0. The van der Waals surface area contributed by atoms with E-state index in [0.29, 0.717) is 0 Å². The summed E-state index contributed by atoms with van der Waals surface area (Å²) in [6.07, 6.45) is 15.9. The smallest absolute Gasteiger partial charge is 0.221 e. The molecule has 9 heteroatoms. The molecule has 170 valence electrons. The summed E-state index contributed by atoms with van der Waals surface area (Å²) < 4.78 is 2.05. The number of terminal acetylenes is 1. The van der Waals surface area contributed by atoms with Gasteiger partial charge >= 0.3 is 0 Å². The Kier molecular flexibility index (Phi) is 4.94. The molecule has 0 radical (unpaired) electrons. The average molecular weight is 469 g/mol. The lowest BCUT2D eigenvalue weighted by Gasteiger charge is -2.42. The summed E-state index contributed by atoms with van der Waals surface area (Å²) in [6, 6.07) is 8.12. The van der Waals surface area contributed by atoms with Crippen molar-refractivity contribution in [3.63, 3.8) is 0 Å². The highest BCUT2D eigenvalue weighted by atomic mass is 32.2. The van der Waals surface area contributed by atoms with Crippen LogP contribution in [0, 0.1) is 17.8 Å². The first-order chi connectivity index (χ1) is 16.6. The Morgan fingerprint density at radius 2 is 1.97 bits per heavy atom. The molecule has 1 aliphatic heterocycles. The molecular formula is C25H24N8S. The molecule has 4 N–H and O–H groups in total. The fraction of sp³-hybridized carbons (Fsp3) is 0.280. The maximum absolute atomic E-state index is 6.79. The minimum atomic E-state index is 0.0387. The number of nitrogens with zero attached hydrogens (tertiary/aromatic N) is 6. The number of hydrogen-bond acceptors (Lipinski definition) is 8. The number of imidazole rings is 1. The van der Waals surface area contributed by atoms with Gasteiger partial charge in [-0.15, -0.1) is 6.42 Å². The Balaban J connectivity index is 1.24. The molecular weight excluding hydrogens is 444 g/mol. The molecule has 1 saturated heterocycles. The van der Waals surface area contributed by atoms with E-state index in [9.17, 15) is 0 Å². The lowest BCUT2D eigenvalue weighted by atomic mass is 9.73. The van der Waals surface area contributed by atoms with Gasteiger partial charge in [-0.25, -0.2) is 19.9 Å². The lowest BCUT2D eigenvalue weighted by molar-refractivity contribution is 0.186. The summed E-state index contributed by atoms with van der Waals surface area (Å²) in [5.74, 6) is 3.89. The normalized spacial score (nSPS) is 18.8. The van der Waals surface area contributed by atoms with Crippen LogP contribution in [0.5, 0.6) is 0 Å². The molecule has 1 atom stereocenters. The van der Waals surface area contributed by atoms with Crippen LogP contribution in [0.2, 0.25) is 0 Å². The summed E-state index contributed by atoms with van der Waals surface area (Å²) in [5.41, 5.74) is 16.9. The summed E-state index contributed by atoms with van der Waals surface area (Å²) >= 11 is 1.48. The van der Waals surface area contributed by atoms with E-state index in [1.807, 2.05) is 28.9 Å². The second-order valence-electron chi connectivity index (χ2n) is 8.96. The van der Waals surface area contributed by atoms with Crippen molar-refractivity contribution in [3.8, 4) is 12.3 Å². The first-order valence-corrected chi connectivity index (χ1v) is 12.1. The summed E-state index contributed by atoms with van der Waals surface area (Å²) in [4.78, 5) is 20.9. The van der Waals surface area contributed by atoms with Crippen molar-refractivity contribution in [2.24, 2.45) is 11.1 Å². The van der Waals surface area contributed by atoms with Gasteiger partial charge in [0.15, 0.2) is 5.65 Å². The van der Waals surface area contributed by atoms with E-state index < -0.39 is 0 Å². The van der Waals surface area contributed by atoms with Crippen LogP contribution in [-0.4, -0.2) is 37.4 Å². The van der Waals surface area contributed by atoms with Gasteiger partial charge in [-0.3, -0.25) is 4.40 Å². The van der Waals surface area contributed by atoms with Crippen LogP contribution in [0.15, 0.2) is 59.0 Å².